The lowest BCUT2D eigenvalue weighted by Gasteiger charge is -2.08. The van der Waals surface area contributed by atoms with Gasteiger partial charge in [0.05, 0.1) is 16.1 Å². The summed E-state index contributed by atoms with van der Waals surface area (Å²) in [5, 5.41) is 7.38. The predicted molar refractivity (Wildman–Crippen MR) is 88.1 cm³/mol. The monoisotopic (exact) mass is 386 g/mol. The fourth-order valence-corrected chi connectivity index (χ4v) is 2.46. The zero-order valence-electron chi connectivity index (χ0n) is 12.5. The van der Waals surface area contributed by atoms with E-state index in [0.29, 0.717) is 0 Å². The zero-order chi connectivity index (χ0) is 18.6. The number of amides is 1. The molecule has 0 aromatic heterocycles. The molecule has 0 radical (unpaired) electrons. The molecule has 2 rings (SSSR count). The number of nitrogens with one attached hydrogen (secondary N) is 1. The molecule has 0 atom stereocenters. The number of carbonyl (C=O) groups is 2. The maximum atomic E-state index is 13.5. The van der Waals surface area contributed by atoms with Gasteiger partial charge in [-0.05, 0) is 42.5 Å². The highest BCUT2D eigenvalue weighted by atomic mass is 35.5. The molecule has 2 aromatic carbocycles. The number of sulfonamides is 1. The van der Waals surface area contributed by atoms with Crippen LogP contribution in [0.2, 0.25) is 5.02 Å². The van der Waals surface area contributed by atoms with Crippen molar-refractivity contribution in [2.24, 2.45) is 5.14 Å². The molecule has 0 bridgehead atoms. The number of rotatable bonds is 5. The van der Waals surface area contributed by atoms with Crippen LogP contribution in [0.3, 0.4) is 0 Å². The van der Waals surface area contributed by atoms with Gasteiger partial charge in [0.25, 0.3) is 5.91 Å². The molecule has 0 spiro atoms. The van der Waals surface area contributed by atoms with Crippen LogP contribution < -0.4 is 10.5 Å². The number of esters is 1. The Balaban J connectivity index is 1.95. The van der Waals surface area contributed by atoms with E-state index in [1.165, 1.54) is 24.3 Å². The van der Waals surface area contributed by atoms with Crippen LogP contribution in [0.5, 0.6) is 0 Å². The molecule has 0 aliphatic carbocycles. The van der Waals surface area contributed by atoms with E-state index in [1.54, 1.807) is 0 Å². The molecule has 3 N–H and O–H groups in total. The summed E-state index contributed by atoms with van der Waals surface area (Å²) in [6, 6.07) is 8.26. The molecule has 0 fully saturated rings. The first-order valence-electron chi connectivity index (χ1n) is 6.72. The van der Waals surface area contributed by atoms with Crippen LogP contribution in [0.25, 0.3) is 0 Å². The predicted octanol–water partition coefficient (Wildman–Crippen LogP) is 1.92. The Kier molecular flexibility index (Phi) is 5.73. The Morgan fingerprint density at radius 1 is 1.16 bits per heavy atom. The third-order valence-corrected chi connectivity index (χ3v) is 4.12. The highest BCUT2D eigenvalue weighted by Gasteiger charge is 2.14. The number of benzene rings is 2. The van der Waals surface area contributed by atoms with Crippen LogP contribution in [0, 0.1) is 5.82 Å². The largest absolute Gasteiger partial charge is 0.452 e. The summed E-state index contributed by atoms with van der Waals surface area (Å²) < 4.78 is 40.5. The van der Waals surface area contributed by atoms with Gasteiger partial charge >= 0.3 is 5.97 Å². The minimum absolute atomic E-state index is 0.0223. The Morgan fingerprint density at radius 3 is 2.40 bits per heavy atom. The van der Waals surface area contributed by atoms with Crippen molar-refractivity contribution >= 4 is 39.2 Å². The number of ether oxygens (including phenoxy) is 1. The van der Waals surface area contributed by atoms with Gasteiger partial charge < -0.3 is 10.1 Å². The number of hydrogen-bond donors (Lipinski definition) is 2. The van der Waals surface area contributed by atoms with E-state index in [2.05, 4.69) is 5.32 Å². The smallest absolute Gasteiger partial charge is 0.338 e. The van der Waals surface area contributed by atoms with Crippen LogP contribution in [0.4, 0.5) is 10.1 Å². The molecule has 0 aliphatic heterocycles. The zero-order valence-corrected chi connectivity index (χ0v) is 14.1. The molecule has 0 heterocycles. The molecule has 132 valence electrons. The van der Waals surface area contributed by atoms with Crippen molar-refractivity contribution in [1.29, 1.82) is 0 Å². The summed E-state index contributed by atoms with van der Waals surface area (Å²) in [7, 11) is -3.88. The van der Waals surface area contributed by atoms with Crippen LogP contribution in [0.15, 0.2) is 47.4 Å². The van der Waals surface area contributed by atoms with E-state index in [9.17, 15) is 22.4 Å². The maximum absolute atomic E-state index is 13.5. The lowest BCUT2D eigenvalue weighted by Crippen LogP contribution is -2.21. The minimum atomic E-state index is -3.88. The molecule has 0 saturated carbocycles. The number of carbonyl (C=O) groups excluding carboxylic acids is 2. The van der Waals surface area contributed by atoms with Gasteiger partial charge in [0.2, 0.25) is 10.0 Å². The first-order valence-corrected chi connectivity index (χ1v) is 8.64. The summed E-state index contributed by atoms with van der Waals surface area (Å²) in [4.78, 5) is 23.3. The Bertz CT molecular complexity index is 916. The van der Waals surface area contributed by atoms with Crippen LogP contribution in [0.1, 0.15) is 10.4 Å². The van der Waals surface area contributed by atoms with E-state index in [0.717, 1.165) is 18.2 Å². The molecule has 7 nitrogen and oxygen atoms in total. The Labute approximate surface area is 147 Å². The first-order chi connectivity index (χ1) is 11.7. The van der Waals surface area contributed by atoms with E-state index in [4.69, 9.17) is 21.5 Å². The number of anilines is 1. The summed E-state index contributed by atoms with van der Waals surface area (Å²) >= 11 is 5.70. The lowest BCUT2D eigenvalue weighted by atomic mass is 10.2. The molecular weight excluding hydrogens is 375 g/mol. The fraction of sp³-hybridized carbons (Fsp3) is 0.0667. The SMILES string of the molecule is NS(=O)(=O)c1ccc(C(=O)OCC(=O)Nc2cc(Cl)ccc2F)cc1. The van der Waals surface area contributed by atoms with Gasteiger partial charge in [-0.3, -0.25) is 4.79 Å². The third kappa shape index (κ3) is 5.24. The van der Waals surface area contributed by atoms with Crippen molar-refractivity contribution in [3.8, 4) is 0 Å². The van der Waals surface area contributed by atoms with Crippen molar-refractivity contribution in [3.05, 3.63) is 58.9 Å². The van der Waals surface area contributed by atoms with Gasteiger partial charge in [0.15, 0.2) is 6.61 Å². The molecule has 0 aliphatic rings. The standard InChI is InChI=1S/C15H12ClFN2O5S/c16-10-3-6-12(17)13(7-10)19-14(20)8-24-15(21)9-1-4-11(5-2-9)25(18,22)23/h1-7H,8H2,(H,19,20)(H2,18,22,23). The summed E-state index contributed by atoms with van der Waals surface area (Å²) in [5.74, 6) is -2.32. The minimum Gasteiger partial charge on any atom is -0.452 e. The van der Waals surface area contributed by atoms with Crippen LogP contribution in [-0.4, -0.2) is 26.9 Å². The van der Waals surface area contributed by atoms with Gasteiger partial charge in [-0.1, -0.05) is 11.6 Å². The van der Waals surface area contributed by atoms with Crippen LogP contribution in [-0.2, 0) is 19.6 Å². The van der Waals surface area contributed by atoms with Crippen molar-refractivity contribution in [2.75, 3.05) is 11.9 Å². The molecule has 10 heteroatoms. The Hall–Kier alpha value is -2.49. The summed E-state index contributed by atoms with van der Waals surface area (Å²) in [5.41, 5.74) is -0.125. The first kappa shape index (κ1) is 18.8. The molecule has 0 saturated heterocycles. The molecule has 0 unspecified atom stereocenters. The highest BCUT2D eigenvalue weighted by molar-refractivity contribution is 7.89. The van der Waals surface area contributed by atoms with Crippen molar-refractivity contribution in [3.63, 3.8) is 0 Å². The van der Waals surface area contributed by atoms with Crippen molar-refractivity contribution < 1.29 is 27.1 Å². The molecule has 1 amide bonds. The average molecular weight is 387 g/mol. The van der Waals surface area contributed by atoms with Gasteiger partial charge in [0, 0.05) is 5.02 Å². The fourth-order valence-electron chi connectivity index (χ4n) is 1.77. The van der Waals surface area contributed by atoms with E-state index >= 15 is 0 Å². The number of halogens is 2. The second-order valence-corrected chi connectivity index (χ2v) is 6.82. The topological polar surface area (TPSA) is 116 Å². The molecular formula is C15H12ClFN2O5S. The summed E-state index contributed by atoms with van der Waals surface area (Å²) in [6.45, 7) is -0.665. The van der Waals surface area contributed by atoms with E-state index in [-0.39, 0.29) is 21.2 Å². The van der Waals surface area contributed by atoms with Crippen LogP contribution >= 0.6 is 11.6 Å². The van der Waals surface area contributed by atoms with Crippen molar-refractivity contribution in [1.82, 2.24) is 0 Å². The average Bonchev–Trinajstić information content (AvgIpc) is 2.55. The molecule has 2 aromatic rings. The van der Waals surface area contributed by atoms with Gasteiger partial charge in [0.1, 0.15) is 5.82 Å². The normalized spacial score (nSPS) is 11.0. The number of primary sulfonamides is 1. The summed E-state index contributed by atoms with van der Waals surface area (Å²) in [6.07, 6.45) is 0. The maximum Gasteiger partial charge on any atom is 0.338 e. The molecule has 25 heavy (non-hydrogen) atoms. The highest BCUT2D eigenvalue weighted by Crippen LogP contribution is 2.19. The number of hydrogen-bond acceptors (Lipinski definition) is 5. The quantitative estimate of drug-likeness (QED) is 0.761. The third-order valence-electron chi connectivity index (χ3n) is 2.96. The number of nitrogens with two attached hydrogens (primary N) is 1. The Morgan fingerprint density at radius 2 is 1.80 bits per heavy atom. The van der Waals surface area contributed by atoms with Gasteiger partial charge in [-0.25, -0.2) is 22.7 Å². The van der Waals surface area contributed by atoms with Gasteiger partial charge in [-0.15, -0.1) is 0 Å². The lowest BCUT2D eigenvalue weighted by molar-refractivity contribution is -0.119. The van der Waals surface area contributed by atoms with Crippen molar-refractivity contribution in [2.45, 2.75) is 4.90 Å². The van der Waals surface area contributed by atoms with E-state index in [1.807, 2.05) is 0 Å². The van der Waals surface area contributed by atoms with Gasteiger partial charge in [-0.2, -0.15) is 0 Å². The second kappa shape index (κ2) is 7.60. The second-order valence-electron chi connectivity index (χ2n) is 4.82. The van der Waals surface area contributed by atoms with E-state index < -0.39 is 34.3 Å².